The first-order chi connectivity index (χ1) is 21.4. The van der Waals surface area contributed by atoms with Gasteiger partial charge in [0.15, 0.2) is 0 Å². The number of rotatable bonds is 8. The number of benzene rings is 2. The highest BCUT2D eigenvalue weighted by molar-refractivity contribution is 5.76. The van der Waals surface area contributed by atoms with E-state index in [2.05, 4.69) is 51.3 Å². The number of alkyl halides is 2. The van der Waals surface area contributed by atoms with Gasteiger partial charge in [-0.05, 0) is 78.8 Å². The van der Waals surface area contributed by atoms with E-state index in [1.54, 1.807) is 30.6 Å². The smallest absolute Gasteiger partial charge is 0.270 e. The molecule has 0 spiro atoms. The highest BCUT2D eigenvalue weighted by atomic mass is 19.3. The average molecular weight is 601 g/mol. The van der Waals surface area contributed by atoms with E-state index in [4.69, 9.17) is 0 Å². The van der Waals surface area contributed by atoms with Gasteiger partial charge in [0.1, 0.15) is 0 Å². The van der Waals surface area contributed by atoms with Crippen molar-refractivity contribution in [3.8, 4) is 0 Å². The summed E-state index contributed by atoms with van der Waals surface area (Å²) in [4.78, 5) is 25.9. The van der Waals surface area contributed by atoms with E-state index in [0.717, 1.165) is 69.7 Å². The Morgan fingerprint density at radius 1 is 0.909 bits per heavy atom. The number of hydrogen-bond donors (Lipinski definition) is 0. The second kappa shape index (κ2) is 16.3. The van der Waals surface area contributed by atoms with Crippen LogP contribution >= 0.6 is 0 Å². The predicted octanol–water partition coefficient (Wildman–Crippen LogP) is 8.79. The Morgan fingerprint density at radius 2 is 1.61 bits per heavy atom. The fourth-order valence-corrected chi connectivity index (χ4v) is 6.01. The first kappa shape index (κ1) is 33.0. The molecule has 1 atom stereocenters. The number of allylic oxidation sites excluding steroid dienone is 4. The van der Waals surface area contributed by atoms with Crippen LogP contribution in [0.2, 0.25) is 0 Å². The van der Waals surface area contributed by atoms with Crippen molar-refractivity contribution in [1.29, 1.82) is 0 Å². The molecule has 2 heterocycles. The highest BCUT2D eigenvalue weighted by Crippen LogP contribution is 2.36. The summed E-state index contributed by atoms with van der Waals surface area (Å²) in [5, 5.41) is 0. The second-order valence-electron chi connectivity index (χ2n) is 11.4. The summed E-state index contributed by atoms with van der Waals surface area (Å²) in [5.74, 6) is -1.71. The Labute approximate surface area is 261 Å². The van der Waals surface area contributed by atoms with E-state index < -0.39 is 5.92 Å². The number of carbonyl (C=O) groups excluding carboxylic acids is 1. The molecular weight excluding hydrogens is 554 g/mol. The molecular formula is C37H46F2N4O. The zero-order chi connectivity index (χ0) is 31.4. The predicted molar refractivity (Wildman–Crippen MR) is 176 cm³/mol. The van der Waals surface area contributed by atoms with Crippen LogP contribution < -0.4 is 4.90 Å². The molecule has 0 radical (unpaired) electrons. The summed E-state index contributed by atoms with van der Waals surface area (Å²) in [6.07, 6.45) is 13.9. The van der Waals surface area contributed by atoms with Gasteiger partial charge in [-0.3, -0.25) is 4.79 Å². The van der Waals surface area contributed by atoms with E-state index in [1.807, 2.05) is 30.9 Å². The molecule has 1 saturated heterocycles. The van der Waals surface area contributed by atoms with Crippen LogP contribution in [-0.2, 0) is 10.7 Å². The SMILES string of the molecule is CC.CC(F)(F)c1cccc(/C2=C/CC(CCCC(=O)N3CCN(c4ncccn4)CC3)/C(c3ccccc3)=C\CCC2)c1. The Balaban J connectivity index is 0.00000216. The minimum Gasteiger partial charge on any atom is -0.339 e. The van der Waals surface area contributed by atoms with Gasteiger partial charge in [0.2, 0.25) is 11.9 Å². The number of anilines is 1. The number of carbonyl (C=O) groups is 1. The minimum absolute atomic E-state index is 0.0519. The summed E-state index contributed by atoms with van der Waals surface area (Å²) in [5.41, 5.74) is 4.61. The highest BCUT2D eigenvalue weighted by Gasteiger charge is 2.25. The van der Waals surface area contributed by atoms with Crippen molar-refractivity contribution < 1.29 is 13.6 Å². The monoisotopic (exact) mass is 600 g/mol. The first-order valence-corrected chi connectivity index (χ1v) is 16.1. The molecule has 1 aromatic heterocycles. The molecule has 1 unspecified atom stereocenters. The van der Waals surface area contributed by atoms with Crippen LogP contribution in [0.3, 0.4) is 0 Å². The lowest BCUT2D eigenvalue weighted by Crippen LogP contribution is -2.49. The van der Waals surface area contributed by atoms with Crippen molar-refractivity contribution >= 4 is 23.0 Å². The summed E-state index contributed by atoms with van der Waals surface area (Å²) in [7, 11) is 0. The van der Waals surface area contributed by atoms with Crippen LogP contribution in [0, 0.1) is 5.92 Å². The van der Waals surface area contributed by atoms with Gasteiger partial charge < -0.3 is 9.80 Å². The molecule has 2 aromatic carbocycles. The maximum absolute atomic E-state index is 14.1. The second-order valence-corrected chi connectivity index (χ2v) is 11.4. The van der Waals surface area contributed by atoms with E-state index in [0.29, 0.717) is 25.5 Å². The average Bonchev–Trinajstić information content (AvgIpc) is 3.17. The molecule has 1 aliphatic carbocycles. The Kier molecular flexibility index (Phi) is 12.2. The Morgan fingerprint density at radius 3 is 2.32 bits per heavy atom. The van der Waals surface area contributed by atoms with Crippen molar-refractivity contribution in [3.63, 3.8) is 0 Å². The Hall–Kier alpha value is -3.87. The molecule has 44 heavy (non-hydrogen) atoms. The van der Waals surface area contributed by atoms with Crippen LogP contribution in [0.1, 0.15) is 82.4 Å². The largest absolute Gasteiger partial charge is 0.339 e. The fraction of sp³-hybridized carbons (Fsp3) is 0.432. The van der Waals surface area contributed by atoms with Gasteiger partial charge in [-0.1, -0.05) is 74.5 Å². The van der Waals surface area contributed by atoms with Crippen LogP contribution in [0.25, 0.3) is 11.1 Å². The number of halogens is 2. The van der Waals surface area contributed by atoms with Crippen LogP contribution in [0.4, 0.5) is 14.7 Å². The van der Waals surface area contributed by atoms with Crippen molar-refractivity contribution in [2.45, 2.75) is 71.6 Å². The molecule has 0 N–H and O–H groups in total. The van der Waals surface area contributed by atoms with E-state index >= 15 is 0 Å². The molecule has 1 fully saturated rings. The zero-order valence-electron chi connectivity index (χ0n) is 26.4. The van der Waals surface area contributed by atoms with Gasteiger partial charge in [0.25, 0.3) is 5.92 Å². The summed E-state index contributed by atoms with van der Waals surface area (Å²) in [6, 6.07) is 19.1. The van der Waals surface area contributed by atoms with Gasteiger partial charge in [-0.25, -0.2) is 18.7 Å². The molecule has 1 aliphatic heterocycles. The standard InChI is InChI=1S/C35H40F2N4O.C2H6/c1-35(36,37)31-15-7-14-30(26-31)27-10-5-6-16-32(28-11-3-2-4-12-28)29(19-18-27)13-8-17-33(42)40-22-24-41(25-23-40)34-38-20-9-21-39-34;1-2/h2-4,7,9,11-12,14-16,18,20-21,26,29H,5-6,8,10,13,17,19,22-25H2,1H3;1-2H3/b27-18+,32-16-;. The third-order valence-electron chi connectivity index (χ3n) is 8.36. The van der Waals surface area contributed by atoms with Crippen LogP contribution in [0.5, 0.6) is 0 Å². The van der Waals surface area contributed by atoms with Crippen LogP contribution in [0.15, 0.2) is 85.2 Å². The molecule has 5 rings (SSSR count). The molecule has 5 nitrogen and oxygen atoms in total. The van der Waals surface area contributed by atoms with Crippen molar-refractivity contribution in [3.05, 3.63) is 102 Å². The summed E-state index contributed by atoms with van der Waals surface area (Å²) >= 11 is 0. The molecule has 1 amide bonds. The number of aromatic nitrogens is 2. The quantitative estimate of drug-likeness (QED) is 0.259. The van der Waals surface area contributed by atoms with Crippen molar-refractivity contribution in [1.82, 2.24) is 14.9 Å². The van der Waals surface area contributed by atoms with Gasteiger partial charge in [-0.2, -0.15) is 0 Å². The lowest BCUT2D eigenvalue weighted by molar-refractivity contribution is -0.131. The Bertz CT molecular complexity index is 1380. The first-order valence-electron chi connectivity index (χ1n) is 16.1. The van der Waals surface area contributed by atoms with E-state index in [9.17, 15) is 13.6 Å². The molecule has 234 valence electrons. The molecule has 0 saturated carbocycles. The zero-order valence-corrected chi connectivity index (χ0v) is 26.4. The molecule has 2 aliphatic rings. The minimum atomic E-state index is -2.87. The summed E-state index contributed by atoms with van der Waals surface area (Å²) in [6.45, 7) is 7.78. The van der Waals surface area contributed by atoms with Crippen molar-refractivity contribution in [2.75, 3.05) is 31.1 Å². The maximum Gasteiger partial charge on any atom is 0.270 e. The lowest BCUT2D eigenvalue weighted by Gasteiger charge is -2.34. The third-order valence-corrected chi connectivity index (χ3v) is 8.36. The van der Waals surface area contributed by atoms with Gasteiger partial charge >= 0.3 is 0 Å². The lowest BCUT2D eigenvalue weighted by atomic mass is 9.85. The number of nitrogens with zero attached hydrogens (tertiary/aromatic N) is 4. The molecule has 7 heteroatoms. The van der Waals surface area contributed by atoms with Gasteiger partial charge in [0.05, 0.1) is 0 Å². The van der Waals surface area contributed by atoms with E-state index in [-0.39, 0.29) is 17.4 Å². The number of piperazine rings is 1. The maximum atomic E-state index is 14.1. The summed E-state index contributed by atoms with van der Waals surface area (Å²) < 4.78 is 28.2. The van der Waals surface area contributed by atoms with E-state index in [1.165, 1.54) is 17.2 Å². The number of amides is 1. The molecule has 0 bridgehead atoms. The van der Waals surface area contributed by atoms with Gasteiger partial charge in [0, 0.05) is 57.5 Å². The fourth-order valence-electron chi connectivity index (χ4n) is 6.01. The van der Waals surface area contributed by atoms with Gasteiger partial charge in [-0.15, -0.1) is 0 Å². The normalized spacial score (nSPS) is 20.1. The third kappa shape index (κ3) is 9.07. The van der Waals surface area contributed by atoms with Crippen LogP contribution in [-0.4, -0.2) is 47.0 Å². The van der Waals surface area contributed by atoms with Crippen molar-refractivity contribution in [2.24, 2.45) is 5.92 Å². The number of hydrogen-bond acceptors (Lipinski definition) is 4. The molecule has 3 aromatic rings. The topological polar surface area (TPSA) is 49.3 Å².